The average molecular weight is 286 g/mol. The van der Waals surface area contributed by atoms with Crippen molar-refractivity contribution < 1.29 is 9.72 Å². The Morgan fingerprint density at radius 1 is 1.19 bits per heavy atom. The summed E-state index contributed by atoms with van der Waals surface area (Å²) in [7, 11) is 0. The second-order valence-corrected chi connectivity index (χ2v) is 4.54. The van der Waals surface area contributed by atoms with Gasteiger partial charge in [-0.2, -0.15) is 0 Å². The number of carbonyl (C=O) groups is 1. The Labute approximate surface area is 120 Å². The highest BCUT2D eigenvalue weighted by atomic mass is 16.6. The molecule has 1 heterocycles. The summed E-state index contributed by atoms with van der Waals surface area (Å²) in [6.07, 6.45) is 0. The lowest BCUT2D eigenvalue weighted by Gasteiger charge is -2.12. The van der Waals surface area contributed by atoms with E-state index in [0.717, 1.165) is 0 Å². The number of pyridine rings is 1. The van der Waals surface area contributed by atoms with Gasteiger partial charge in [0.1, 0.15) is 0 Å². The number of nitro groups is 1. The monoisotopic (exact) mass is 286 g/mol. The van der Waals surface area contributed by atoms with Gasteiger partial charge in [-0.25, -0.2) is 0 Å². The molecule has 0 N–H and O–H groups in total. The number of nitro benzene ring substituents is 1. The van der Waals surface area contributed by atoms with Gasteiger partial charge in [-0.05, 0) is 43.7 Å². The summed E-state index contributed by atoms with van der Waals surface area (Å²) in [6.45, 7) is 3.56. The van der Waals surface area contributed by atoms with E-state index in [-0.39, 0.29) is 22.6 Å². The fraction of sp³-hybridized carbons (Fsp3) is 0.200. The van der Waals surface area contributed by atoms with Crippen molar-refractivity contribution in [1.82, 2.24) is 4.57 Å². The van der Waals surface area contributed by atoms with Crippen LogP contribution >= 0.6 is 0 Å². The molecule has 21 heavy (non-hydrogen) atoms. The molecule has 0 bridgehead atoms. The molecular weight excluding hydrogens is 272 g/mol. The van der Waals surface area contributed by atoms with Crippen LogP contribution in [0.25, 0.3) is 11.3 Å². The van der Waals surface area contributed by atoms with E-state index in [9.17, 15) is 19.7 Å². The van der Waals surface area contributed by atoms with Crippen molar-refractivity contribution in [2.24, 2.45) is 0 Å². The Balaban J connectivity index is 2.59. The van der Waals surface area contributed by atoms with E-state index < -0.39 is 4.92 Å². The van der Waals surface area contributed by atoms with Gasteiger partial charge in [0.25, 0.3) is 11.2 Å². The number of carbonyl (C=O) groups excluding carboxylic acids is 1. The minimum Gasteiger partial charge on any atom is -0.308 e. The van der Waals surface area contributed by atoms with E-state index in [4.69, 9.17) is 0 Å². The fourth-order valence-corrected chi connectivity index (χ4v) is 2.17. The summed E-state index contributed by atoms with van der Waals surface area (Å²) in [6, 6.07) is 9.13. The van der Waals surface area contributed by atoms with Crippen LogP contribution in [0.3, 0.4) is 0 Å². The van der Waals surface area contributed by atoms with Gasteiger partial charge in [-0.1, -0.05) is 0 Å². The van der Waals surface area contributed by atoms with Gasteiger partial charge < -0.3 is 4.57 Å². The van der Waals surface area contributed by atoms with E-state index >= 15 is 0 Å². The third kappa shape index (κ3) is 2.74. The molecule has 0 saturated carbocycles. The van der Waals surface area contributed by atoms with Gasteiger partial charge in [-0.3, -0.25) is 19.7 Å². The zero-order valence-corrected chi connectivity index (χ0v) is 11.7. The maximum Gasteiger partial charge on any atom is 0.269 e. The van der Waals surface area contributed by atoms with Crippen molar-refractivity contribution >= 4 is 11.5 Å². The van der Waals surface area contributed by atoms with Crippen LogP contribution in [-0.4, -0.2) is 15.3 Å². The van der Waals surface area contributed by atoms with Crippen LogP contribution in [0.15, 0.2) is 41.2 Å². The van der Waals surface area contributed by atoms with Crippen LogP contribution in [0.5, 0.6) is 0 Å². The number of Topliss-reactive ketones (excluding diaryl/α,β-unsaturated/α-hetero) is 1. The molecule has 6 nitrogen and oxygen atoms in total. The number of ketones is 1. The highest BCUT2D eigenvalue weighted by molar-refractivity contribution is 5.94. The number of non-ortho nitro benzene ring substituents is 1. The molecular formula is C15H14N2O4. The predicted octanol–water partition coefficient (Wildman–Crippen LogP) is 2.65. The van der Waals surface area contributed by atoms with Crippen LogP contribution in [-0.2, 0) is 6.54 Å². The molecule has 0 aliphatic heterocycles. The van der Waals surface area contributed by atoms with Crippen LogP contribution in [0, 0.1) is 10.1 Å². The molecule has 0 unspecified atom stereocenters. The first-order valence-electron chi connectivity index (χ1n) is 6.45. The van der Waals surface area contributed by atoms with Crippen LogP contribution in [0.2, 0.25) is 0 Å². The molecule has 0 aliphatic rings. The van der Waals surface area contributed by atoms with Gasteiger partial charge in [0.15, 0.2) is 5.78 Å². The standard InChI is InChI=1S/C15H14N2O4/c1-3-16-14(9-8-13(10(2)18)15(16)19)11-4-6-12(7-5-11)17(20)21/h4-9H,3H2,1-2H3. The number of rotatable bonds is 4. The quantitative estimate of drug-likeness (QED) is 0.491. The lowest BCUT2D eigenvalue weighted by Crippen LogP contribution is -2.26. The summed E-state index contributed by atoms with van der Waals surface area (Å²) in [5.41, 5.74) is 1.10. The van der Waals surface area contributed by atoms with E-state index in [2.05, 4.69) is 0 Å². The van der Waals surface area contributed by atoms with Gasteiger partial charge >= 0.3 is 0 Å². The molecule has 0 atom stereocenters. The zero-order valence-electron chi connectivity index (χ0n) is 11.7. The number of nitrogens with zero attached hydrogens (tertiary/aromatic N) is 2. The molecule has 0 spiro atoms. The Morgan fingerprint density at radius 2 is 1.81 bits per heavy atom. The maximum atomic E-state index is 12.2. The average Bonchev–Trinajstić information content (AvgIpc) is 2.46. The van der Waals surface area contributed by atoms with Gasteiger partial charge in [0, 0.05) is 18.7 Å². The Kier molecular flexibility index (Phi) is 3.98. The van der Waals surface area contributed by atoms with E-state index in [1.165, 1.54) is 29.7 Å². The van der Waals surface area contributed by atoms with Gasteiger partial charge in [0.05, 0.1) is 16.2 Å². The summed E-state index contributed by atoms with van der Waals surface area (Å²) in [5, 5.41) is 10.7. The van der Waals surface area contributed by atoms with Crippen molar-refractivity contribution in [2.45, 2.75) is 20.4 Å². The van der Waals surface area contributed by atoms with E-state index in [1.54, 1.807) is 25.1 Å². The van der Waals surface area contributed by atoms with E-state index in [0.29, 0.717) is 17.8 Å². The molecule has 1 aromatic carbocycles. The first-order valence-corrected chi connectivity index (χ1v) is 6.45. The number of benzene rings is 1. The second kappa shape index (κ2) is 5.70. The minimum atomic E-state index is -0.477. The van der Waals surface area contributed by atoms with E-state index in [1.807, 2.05) is 0 Å². The molecule has 2 aromatic rings. The third-order valence-corrected chi connectivity index (χ3v) is 3.24. The molecule has 1 aromatic heterocycles. The first-order chi connectivity index (χ1) is 9.95. The van der Waals surface area contributed by atoms with Crippen LogP contribution in [0.4, 0.5) is 5.69 Å². The molecule has 0 amide bonds. The Morgan fingerprint density at radius 3 is 2.29 bits per heavy atom. The zero-order chi connectivity index (χ0) is 15.6. The molecule has 0 aliphatic carbocycles. The van der Waals surface area contributed by atoms with Crippen molar-refractivity contribution in [3.05, 3.63) is 62.4 Å². The van der Waals surface area contributed by atoms with Crippen molar-refractivity contribution in [1.29, 1.82) is 0 Å². The number of hydrogen-bond donors (Lipinski definition) is 0. The highest BCUT2D eigenvalue weighted by Crippen LogP contribution is 2.21. The topological polar surface area (TPSA) is 82.2 Å². The summed E-state index contributed by atoms with van der Waals surface area (Å²) >= 11 is 0. The molecule has 108 valence electrons. The van der Waals surface area contributed by atoms with Gasteiger partial charge in [-0.15, -0.1) is 0 Å². The third-order valence-electron chi connectivity index (χ3n) is 3.24. The van der Waals surface area contributed by atoms with Crippen LogP contribution in [0.1, 0.15) is 24.2 Å². The molecule has 6 heteroatoms. The first kappa shape index (κ1) is 14.6. The molecule has 0 radical (unpaired) electrons. The largest absolute Gasteiger partial charge is 0.308 e. The lowest BCUT2D eigenvalue weighted by atomic mass is 10.1. The number of aromatic nitrogens is 1. The summed E-state index contributed by atoms with van der Waals surface area (Å²) in [5.74, 6) is -0.280. The van der Waals surface area contributed by atoms with Crippen molar-refractivity contribution in [3.63, 3.8) is 0 Å². The summed E-state index contributed by atoms with van der Waals surface area (Å²) < 4.78 is 1.48. The molecule has 2 rings (SSSR count). The Bertz CT molecular complexity index is 760. The molecule has 0 saturated heterocycles. The van der Waals surface area contributed by atoms with Gasteiger partial charge in [0.2, 0.25) is 0 Å². The minimum absolute atomic E-state index is 0.00972. The van der Waals surface area contributed by atoms with Crippen molar-refractivity contribution in [3.8, 4) is 11.3 Å². The Hall–Kier alpha value is -2.76. The molecule has 0 fully saturated rings. The van der Waals surface area contributed by atoms with Crippen molar-refractivity contribution in [2.75, 3.05) is 0 Å². The van der Waals surface area contributed by atoms with Crippen LogP contribution < -0.4 is 5.56 Å². The smallest absolute Gasteiger partial charge is 0.269 e. The highest BCUT2D eigenvalue weighted by Gasteiger charge is 2.13. The second-order valence-electron chi connectivity index (χ2n) is 4.54. The fourth-order valence-electron chi connectivity index (χ4n) is 2.17. The SMILES string of the molecule is CCn1c(-c2ccc([N+](=O)[O-])cc2)ccc(C(C)=O)c1=O. The normalized spacial score (nSPS) is 10.4. The predicted molar refractivity (Wildman–Crippen MR) is 78.5 cm³/mol. The maximum absolute atomic E-state index is 12.2. The summed E-state index contributed by atoms with van der Waals surface area (Å²) in [4.78, 5) is 33.8. The number of hydrogen-bond acceptors (Lipinski definition) is 4. The lowest BCUT2D eigenvalue weighted by molar-refractivity contribution is -0.384.